The lowest BCUT2D eigenvalue weighted by Crippen LogP contribution is -2.46. The Morgan fingerprint density at radius 3 is 2.81 bits per heavy atom. The lowest BCUT2D eigenvalue weighted by Gasteiger charge is -2.28. The Kier molecular flexibility index (Phi) is 4.56. The zero-order valence-electron chi connectivity index (χ0n) is 12.7. The highest BCUT2D eigenvalue weighted by atomic mass is 16.1. The van der Waals surface area contributed by atoms with Gasteiger partial charge in [-0.2, -0.15) is 0 Å². The van der Waals surface area contributed by atoms with Crippen LogP contribution in [0.15, 0.2) is 18.2 Å². The summed E-state index contributed by atoms with van der Waals surface area (Å²) in [5.41, 5.74) is 3.51. The first-order chi connectivity index (χ1) is 10.2. The number of fused-ring (bicyclic) bond motifs is 1. The smallest absolute Gasteiger partial charge is 0.251 e. The number of hydrogen-bond donors (Lipinski definition) is 3. The molecule has 4 nitrogen and oxygen atoms in total. The minimum Gasteiger partial charge on any atom is -0.349 e. The van der Waals surface area contributed by atoms with Crippen LogP contribution in [-0.2, 0) is 12.8 Å². The fraction of sp³-hybridized carbons (Fsp3) is 0.588. The lowest BCUT2D eigenvalue weighted by molar-refractivity contribution is 0.0925. The van der Waals surface area contributed by atoms with E-state index in [1.807, 2.05) is 6.07 Å². The van der Waals surface area contributed by atoms with Gasteiger partial charge in [-0.15, -0.1) is 0 Å². The van der Waals surface area contributed by atoms with Crippen molar-refractivity contribution in [1.29, 1.82) is 0 Å². The number of piperidine rings is 1. The van der Waals surface area contributed by atoms with Crippen LogP contribution >= 0.6 is 0 Å². The maximum atomic E-state index is 12.4. The van der Waals surface area contributed by atoms with Crippen LogP contribution < -0.4 is 16.0 Å². The van der Waals surface area contributed by atoms with Gasteiger partial charge in [-0.25, -0.2) is 0 Å². The Bertz CT molecular complexity index is 515. The molecule has 114 valence electrons. The van der Waals surface area contributed by atoms with Gasteiger partial charge in [0.2, 0.25) is 0 Å². The molecule has 2 aliphatic heterocycles. The first-order valence-electron chi connectivity index (χ1n) is 8.09. The lowest BCUT2D eigenvalue weighted by atomic mass is 9.98. The quantitative estimate of drug-likeness (QED) is 0.767. The van der Waals surface area contributed by atoms with Gasteiger partial charge in [0.1, 0.15) is 0 Å². The molecule has 0 unspecified atom stereocenters. The fourth-order valence-electron chi connectivity index (χ4n) is 3.35. The topological polar surface area (TPSA) is 53.2 Å². The van der Waals surface area contributed by atoms with Gasteiger partial charge in [-0.1, -0.05) is 6.07 Å². The highest BCUT2D eigenvalue weighted by Gasteiger charge is 2.21. The van der Waals surface area contributed by atoms with Gasteiger partial charge < -0.3 is 16.0 Å². The molecule has 2 atom stereocenters. The normalized spacial score (nSPS) is 25.8. The molecular weight excluding hydrogens is 262 g/mol. The minimum absolute atomic E-state index is 0.0779. The van der Waals surface area contributed by atoms with Crippen LogP contribution in [0.25, 0.3) is 0 Å². The second-order valence-corrected chi connectivity index (χ2v) is 6.28. The standard InChI is InChI=1S/C17H25N3O/c1-12-10-16(6-9-19-12)20-17(21)15-3-2-13-4-7-18-8-5-14(13)11-15/h2-3,11-12,16,18-19H,4-10H2,1H3,(H,20,21)/t12-,16+/m1/s1. The molecular formula is C17H25N3O. The second kappa shape index (κ2) is 6.58. The van der Waals surface area contributed by atoms with Crippen molar-refractivity contribution in [2.45, 2.75) is 44.7 Å². The molecule has 0 aromatic heterocycles. The van der Waals surface area contributed by atoms with Crippen molar-refractivity contribution in [2.75, 3.05) is 19.6 Å². The number of hydrogen-bond acceptors (Lipinski definition) is 3. The van der Waals surface area contributed by atoms with Gasteiger partial charge in [-0.3, -0.25) is 4.79 Å². The summed E-state index contributed by atoms with van der Waals surface area (Å²) in [5.74, 6) is 0.0779. The van der Waals surface area contributed by atoms with E-state index in [-0.39, 0.29) is 5.91 Å². The van der Waals surface area contributed by atoms with E-state index >= 15 is 0 Å². The summed E-state index contributed by atoms with van der Waals surface area (Å²) in [4.78, 5) is 12.4. The van der Waals surface area contributed by atoms with E-state index in [0.717, 1.165) is 50.9 Å². The molecule has 2 aliphatic rings. The number of carbonyl (C=O) groups excluding carboxylic acids is 1. The predicted molar refractivity (Wildman–Crippen MR) is 84.7 cm³/mol. The molecule has 1 aromatic rings. The van der Waals surface area contributed by atoms with Crippen molar-refractivity contribution >= 4 is 5.91 Å². The van der Waals surface area contributed by atoms with E-state index in [9.17, 15) is 4.79 Å². The van der Waals surface area contributed by atoms with Crippen molar-refractivity contribution < 1.29 is 4.79 Å². The summed E-state index contributed by atoms with van der Waals surface area (Å²) in [6.45, 7) is 5.20. The Morgan fingerprint density at radius 1 is 1.19 bits per heavy atom. The Morgan fingerprint density at radius 2 is 2.00 bits per heavy atom. The first kappa shape index (κ1) is 14.5. The molecule has 4 heteroatoms. The molecule has 3 N–H and O–H groups in total. The van der Waals surface area contributed by atoms with Crippen LogP contribution in [0.4, 0.5) is 0 Å². The van der Waals surface area contributed by atoms with Crippen molar-refractivity contribution in [3.05, 3.63) is 34.9 Å². The van der Waals surface area contributed by atoms with E-state index in [1.54, 1.807) is 0 Å². The Hall–Kier alpha value is -1.39. The summed E-state index contributed by atoms with van der Waals surface area (Å²) in [6.07, 6.45) is 4.11. The third-order valence-corrected chi connectivity index (χ3v) is 4.57. The van der Waals surface area contributed by atoms with E-state index in [2.05, 4.69) is 35.0 Å². The van der Waals surface area contributed by atoms with Crippen LogP contribution in [-0.4, -0.2) is 37.6 Å². The first-order valence-corrected chi connectivity index (χ1v) is 8.09. The summed E-state index contributed by atoms with van der Waals surface area (Å²) < 4.78 is 0. The fourth-order valence-corrected chi connectivity index (χ4v) is 3.35. The van der Waals surface area contributed by atoms with Gasteiger partial charge in [0, 0.05) is 17.6 Å². The summed E-state index contributed by atoms with van der Waals surface area (Å²) in [6, 6.07) is 6.98. The Balaban J connectivity index is 1.68. The molecule has 1 fully saturated rings. The molecule has 3 rings (SSSR count). The average Bonchev–Trinajstić information content (AvgIpc) is 2.71. The molecule has 2 heterocycles. The van der Waals surface area contributed by atoms with Crippen LogP contribution in [0, 0.1) is 0 Å². The van der Waals surface area contributed by atoms with Crippen molar-refractivity contribution in [1.82, 2.24) is 16.0 Å². The van der Waals surface area contributed by atoms with Crippen LogP contribution in [0.5, 0.6) is 0 Å². The number of rotatable bonds is 2. The Labute approximate surface area is 126 Å². The minimum atomic E-state index is 0.0779. The van der Waals surface area contributed by atoms with Crippen molar-refractivity contribution in [3.8, 4) is 0 Å². The van der Waals surface area contributed by atoms with Crippen LogP contribution in [0.1, 0.15) is 41.3 Å². The maximum Gasteiger partial charge on any atom is 0.251 e. The second-order valence-electron chi connectivity index (χ2n) is 6.28. The average molecular weight is 287 g/mol. The number of carbonyl (C=O) groups is 1. The van der Waals surface area contributed by atoms with Gasteiger partial charge in [-0.05, 0) is 75.5 Å². The van der Waals surface area contributed by atoms with E-state index in [1.165, 1.54) is 11.1 Å². The largest absolute Gasteiger partial charge is 0.349 e. The summed E-state index contributed by atoms with van der Waals surface area (Å²) >= 11 is 0. The van der Waals surface area contributed by atoms with Crippen LogP contribution in [0.2, 0.25) is 0 Å². The third kappa shape index (κ3) is 3.63. The molecule has 1 aromatic carbocycles. The molecule has 1 saturated heterocycles. The molecule has 0 bridgehead atoms. The molecule has 0 saturated carbocycles. The molecule has 0 radical (unpaired) electrons. The summed E-state index contributed by atoms with van der Waals surface area (Å²) in [5, 5.41) is 10.0. The SMILES string of the molecule is C[C@@H]1C[C@@H](NC(=O)c2ccc3c(c2)CCNCC3)CCN1. The molecule has 21 heavy (non-hydrogen) atoms. The van der Waals surface area contributed by atoms with E-state index < -0.39 is 0 Å². The molecule has 0 aliphatic carbocycles. The highest BCUT2D eigenvalue weighted by Crippen LogP contribution is 2.16. The summed E-state index contributed by atoms with van der Waals surface area (Å²) in [7, 11) is 0. The van der Waals surface area contributed by atoms with Gasteiger partial charge in [0.05, 0.1) is 0 Å². The maximum absolute atomic E-state index is 12.4. The number of nitrogens with one attached hydrogen (secondary N) is 3. The molecule has 0 spiro atoms. The highest BCUT2D eigenvalue weighted by molar-refractivity contribution is 5.94. The molecule has 1 amide bonds. The van der Waals surface area contributed by atoms with Crippen molar-refractivity contribution in [3.63, 3.8) is 0 Å². The van der Waals surface area contributed by atoms with Gasteiger partial charge in [0.25, 0.3) is 5.91 Å². The van der Waals surface area contributed by atoms with Gasteiger partial charge >= 0.3 is 0 Å². The van der Waals surface area contributed by atoms with E-state index in [0.29, 0.717) is 12.1 Å². The zero-order chi connectivity index (χ0) is 14.7. The predicted octanol–water partition coefficient (Wildman–Crippen LogP) is 1.25. The van der Waals surface area contributed by atoms with Gasteiger partial charge in [0.15, 0.2) is 0 Å². The monoisotopic (exact) mass is 287 g/mol. The number of benzene rings is 1. The van der Waals surface area contributed by atoms with E-state index in [4.69, 9.17) is 0 Å². The van der Waals surface area contributed by atoms with Crippen molar-refractivity contribution in [2.24, 2.45) is 0 Å². The zero-order valence-corrected chi connectivity index (χ0v) is 12.7. The van der Waals surface area contributed by atoms with Crippen LogP contribution in [0.3, 0.4) is 0 Å². The third-order valence-electron chi connectivity index (χ3n) is 4.57. The number of amides is 1.